The average Bonchev–Trinajstić information content (AvgIpc) is 3.03. The zero-order valence-corrected chi connectivity index (χ0v) is 14.6. The van der Waals surface area contributed by atoms with Gasteiger partial charge in [0.1, 0.15) is 0 Å². The lowest BCUT2D eigenvalue weighted by Crippen LogP contribution is -2.50. The number of aromatic nitrogens is 2. The molecule has 0 spiro atoms. The van der Waals surface area contributed by atoms with E-state index < -0.39 is 21.6 Å². The third kappa shape index (κ3) is 4.41. The van der Waals surface area contributed by atoms with Gasteiger partial charge in [-0.25, -0.2) is 13.2 Å². The molecule has 23 heavy (non-hydrogen) atoms. The Kier molecular flexibility index (Phi) is 4.95. The number of carbonyl (C=O) groups is 1. The number of urea groups is 1. The predicted octanol–water partition coefficient (Wildman–Crippen LogP) is 0.336. The van der Waals surface area contributed by atoms with E-state index in [0.717, 1.165) is 12.8 Å². The largest absolute Gasteiger partial charge is 0.340 e. The Morgan fingerprint density at radius 1 is 1.48 bits per heavy atom. The fourth-order valence-corrected chi connectivity index (χ4v) is 3.78. The molecule has 0 aliphatic carbocycles. The molecule has 0 unspecified atom stereocenters. The van der Waals surface area contributed by atoms with E-state index in [9.17, 15) is 13.2 Å². The fourth-order valence-electron chi connectivity index (χ4n) is 2.60. The number of hydrogen-bond donors (Lipinski definition) is 2. The molecule has 1 aliphatic heterocycles. The topological polar surface area (TPSA) is 117 Å². The van der Waals surface area contributed by atoms with E-state index in [1.165, 1.54) is 10.6 Å². The summed E-state index contributed by atoms with van der Waals surface area (Å²) in [6, 6.07) is -0.607. The highest BCUT2D eigenvalue weighted by molar-refractivity contribution is 7.88. The fraction of sp³-hybridized carbons (Fsp3) is 0.769. The Balaban J connectivity index is 1.90. The molecule has 0 aromatic carbocycles. The van der Waals surface area contributed by atoms with E-state index in [2.05, 4.69) is 20.8 Å². The Morgan fingerprint density at radius 2 is 2.17 bits per heavy atom. The molecule has 2 rings (SSSR count). The van der Waals surface area contributed by atoms with Crippen LogP contribution in [0.4, 0.5) is 4.79 Å². The Hall–Kier alpha value is -1.68. The van der Waals surface area contributed by atoms with E-state index in [0.29, 0.717) is 18.3 Å². The number of nitrogens with one attached hydrogen (secondary N) is 2. The van der Waals surface area contributed by atoms with E-state index in [-0.39, 0.29) is 12.6 Å². The zero-order chi connectivity index (χ0) is 17.3. The molecule has 2 N–H and O–H groups in total. The third-order valence-corrected chi connectivity index (χ3v) is 5.09. The summed E-state index contributed by atoms with van der Waals surface area (Å²) in [6.07, 6.45) is 2.72. The summed E-state index contributed by atoms with van der Waals surface area (Å²) in [6.45, 7) is 5.96. The standard InChI is InChI=1S/C13H23N5O4S/c1-9-15-11(17-22-9)13(2,3)16-12(19)14-8-10-6-5-7-18(10)23(4,20)21/h10H,5-8H2,1-4H3,(H2,14,16,19)/t10-/m1/s1. The number of amides is 2. The van der Waals surface area contributed by atoms with Crippen molar-refractivity contribution < 1.29 is 17.7 Å². The summed E-state index contributed by atoms with van der Waals surface area (Å²) in [7, 11) is -3.25. The Morgan fingerprint density at radius 3 is 2.74 bits per heavy atom. The van der Waals surface area contributed by atoms with Crippen molar-refractivity contribution in [2.24, 2.45) is 0 Å². The first-order valence-corrected chi connectivity index (χ1v) is 9.28. The molecule has 10 heteroatoms. The maximum Gasteiger partial charge on any atom is 0.315 e. The van der Waals surface area contributed by atoms with E-state index >= 15 is 0 Å². The molecule has 1 saturated heterocycles. The van der Waals surface area contributed by atoms with Crippen molar-refractivity contribution >= 4 is 16.1 Å². The van der Waals surface area contributed by atoms with Gasteiger partial charge < -0.3 is 15.2 Å². The van der Waals surface area contributed by atoms with E-state index in [4.69, 9.17) is 4.52 Å². The van der Waals surface area contributed by atoms with Crippen molar-refractivity contribution in [2.45, 2.75) is 45.2 Å². The average molecular weight is 345 g/mol. The van der Waals surface area contributed by atoms with E-state index in [1.807, 2.05) is 0 Å². The highest BCUT2D eigenvalue weighted by Crippen LogP contribution is 2.20. The molecule has 1 atom stereocenters. The van der Waals surface area contributed by atoms with Crippen LogP contribution >= 0.6 is 0 Å². The molecular weight excluding hydrogens is 322 g/mol. The van der Waals surface area contributed by atoms with Gasteiger partial charge in [0.25, 0.3) is 0 Å². The van der Waals surface area contributed by atoms with E-state index in [1.54, 1.807) is 20.8 Å². The van der Waals surface area contributed by atoms with Gasteiger partial charge in [0.05, 0.1) is 11.8 Å². The van der Waals surface area contributed by atoms with Crippen molar-refractivity contribution in [1.82, 2.24) is 25.1 Å². The molecule has 0 bridgehead atoms. The van der Waals surface area contributed by atoms with Crippen LogP contribution < -0.4 is 10.6 Å². The normalized spacial score (nSPS) is 19.7. The van der Waals surface area contributed by atoms with Crippen LogP contribution in [-0.2, 0) is 15.6 Å². The molecule has 2 amide bonds. The minimum Gasteiger partial charge on any atom is -0.340 e. The molecule has 0 radical (unpaired) electrons. The number of sulfonamides is 1. The van der Waals surface area contributed by atoms with Gasteiger partial charge in [-0.1, -0.05) is 5.16 Å². The summed E-state index contributed by atoms with van der Waals surface area (Å²) in [5.41, 5.74) is -0.798. The summed E-state index contributed by atoms with van der Waals surface area (Å²) in [4.78, 5) is 16.2. The first kappa shape index (κ1) is 17.7. The molecule has 1 aliphatic rings. The van der Waals surface area contributed by atoms with Crippen LogP contribution in [0.25, 0.3) is 0 Å². The van der Waals surface area contributed by atoms with Crippen LogP contribution in [0, 0.1) is 6.92 Å². The summed E-state index contributed by atoms with van der Waals surface area (Å²) < 4.78 is 29.7. The lowest BCUT2D eigenvalue weighted by molar-refractivity contribution is 0.225. The second kappa shape index (κ2) is 6.44. The minimum absolute atomic E-state index is 0.203. The molecule has 2 heterocycles. The molecule has 9 nitrogen and oxygen atoms in total. The van der Waals surface area contributed by atoms with Crippen LogP contribution in [-0.4, -0.2) is 54.3 Å². The Bertz CT molecular complexity index is 670. The smallest absolute Gasteiger partial charge is 0.315 e. The quantitative estimate of drug-likeness (QED) is 0.794. The van der Waals surface area contributed by atoms with Gasteiger partial charge in [-0.05, 0) is 26.7 Å². The summed E-state index contributed by atoms with van der Waals surface area (Å²) in [5.74, 6) is 0.800. The number of carbonyl (C=O) groups excluding carboxylic acids is 1. The maximum atomic E-state index is 12.1. The second-order valence-electron chi connectivity index (χ2n) is 6.27. The van der Waals surface area contributed by atoms with Crippen LogP contribution in [0.5, 0.6) is 0 Å². The molecule has 1 aromatic heterocycles. The van der Waals surface area contributed by atoms with Crippen molar-refractivity contribution in [1.29, 1.82) is 0 Å². The second-order valence-corrected chi connectivity index (χ2v) is 8.20. The lowest BCUT2D eigenvalue weighted by atomic mass is 10.1. The van der Waals surface area contributed by atoms with Crippen LogP contribution in [0.3, 0.4) is 0 Å². The minimum atomic E-state index is -3.25. The molecular formula is C13H23N5O4S. The first-order chi connectivity index (χ1) is 10.6. The Labute approximate surface area is 135 Å². The van der Waals surface area contributed by atoms with Crippen molar-refractivity contribution in [3.05, 3.63) is 11.7 Å². The third-order valence-electron chi connectivity index (χ3n) is 3.76. The first-order valence-electron chi connectivity index (χ1n) is 7.43. The summed E-state index contributed by atoms with van der Waals surface area (Å²) in [5, 5.41) is 9.28. The van der Waals surface area contributed by atoms with Gasteiger partial charge in [-0.3, -0.25) is 0 Å². The highest BCUT2D eigenvalue weighted by Gasteiger charge is 2.32. The lowest BCUT2D eigenvalue weighted by Gasteiger charge is -2.25. The van der Waals surface area contributed by atoms with Gasteiger partial charge >= 0.3 is 6.03 Å². The molecule has 130 valence electrons. The van der Waals surface area contributed by atoms with Gasteiger partial charge in [0.2, 0.25) is 15.9 Å². The van der Waals surface area contributed by atoms with Crippen LogP contribution in [0.15, 0.2) is 4.52 Å². The van der Waals surface area contributed by atoms with Gasteiger partial charge in [0, 0.05) is 26.1 Å². The number of hydrogen-bond acceptors (Lipinski definition) is 6. The number of aryl methyl sites for hydroxylation is 1. The van der Waals surface area contributed by atoms with Gasteiger partial charge in [-0.2, -0.15) is 9.29 Å². The number of nitrogens with zero attached hydrogens (tertiary/aromatic N) is 3. The highest BCUT2D eigenvalue weighted by atomic mass is 32.2. The van der Waals surface area contributed by atoms with Crippen LogP contribution in [0.2, 0.25) is 0 Å². The van der Waals surface area contributed by atoms with Gasteiger partial charge in [-0.15, -0.1) is 0 Å². The molecule has 1 fully saturated rings. The van der Waals surface area contributed by atoms with Crippen molar-refractivity contribution in [2.75, 3.05) is 19.3 Å². The van der Waals surface area contributed by atoms with Crippen molar-refractivity contribution in [3.63, 3.8) is 0 Å². The molecule has 1 aromatic rings. The number of rotatable bonds is 5. The van der Waals surface area contributed by atoms with Crippen LogP contribution in [0.1, 0.15) is 38.4 Å². The molecule has 0 saturated carbocycles. The summed E-state index contributed by atoms with van der Waals surface area (Å²) >= 11 is 0. The zero-order valence-electron chi connectivity index (χ0n) is 13.8. The SMILES string of the molecule is Cc1nc(C(C)(C)NC(=O)NC[C@H]2CCCN2S(C)(=O)=O)no1. The van der Waals surface area contributed by atoms with Crippen molar-refractivity contribution in [3.8, 4) is 0 Å². The monoisotopic (exact) mass is 345 g/mol. The van der Waals surface area contributed by atoms with Gasteiger partial charge in [0.15, 0.2) is 5.82 Å². The maximum absolute atomic E-state index is 12.1. The predicted molar refractivity (Wildman–Crippen MR) is 83.2 cm³/mol.